The summed E-state index contributed by atoms with van der Waals surface area (Å²) in [5, 5.41) is -0.0101. The lowest BCUT2D eigenvalue weighted by atomic mass is 10.2. The zero-order valence-electron chi connectivity index (χ0n) is 13.1. The fraction of sp³-hybridized carbons (Fsp3) is 0.188. The Morgan fingerprint density at radius 1 is 1.21 bits per heavy atom. The molecular formula is C16H16ClNO5S. The number of methoxy groups -OCH3 is 1. The Balaban J connectivity index is 2.43. The van der Waals surface area contributed by atoms with E-state index in [0.717, 1.165) is 0 Å². The maximum Gasteiger partial charge on any atom is 0.337 e. The quantitative estimate of drug-likeness (QED) is 0.790. The van der Waals surface area contributed by atoms with Crippen molar-refractivity contribution in [1.29, 1.82) is 0 Å². The molecule has 0 aliphatic heterocycles. The Morgan fingerprint density at radius 3 is 2.58 bits per heavy atom. The summed E-state index contributed by atoms with van der Waals surface area (Å²) in [7, 11) is -2.81. The van der Waals surface area contributed by atoms with Crippen LogP contribution in [0.15, 0.2) is 47.4 Å². The number of esters is 1. The number of carbonyl (C=O) groups is 1. The van der Waals surface area contributed by atoms with Gasteiger partial charge in [0, 0.05) is 0 Å². The standard InChI is InChI=1S/C16H16ClNO5S/c1-3-23-14-7-5-4-6-13(14)18-24(20,21)15-10-11(16(19)22-2)8-9-12(15)17/h4-10,18H,3H2,1-2H3. The molecule has 0 saturated carbocycles. The third-order valence-electron chi connectivity index (χ3n) is 3.07. The van der Waals surface area contributed by atoms with Gasteiger partial charge >= 0.3 is 5.97 Å². The van der Waals surface area contributed by atoms with E-state index in [2.05, 4.69) is 9.46 Å². The lowest BCUT2D eigenvalue weighted by Gasteiger charge is -2.14. The molecular weight excluding hydrogens is 354 g/mol. The number of rotatable bonds is 6. The van der Waals surface area contributed by atoms with E-state index < -0.39 is 16.0 Å². The first kappa shape index (κ1) is 18.1. The topological polar surface area (TPSA) is 81.7 Å². The molecule has 128 valence electrons. The van der Waals surface area contributed by atoms with Gasteiger partial charge in [-0.15, -0.1) is 0 Å². The summed E-state index contributed by atoms with van der Waals surface area (Å²) < 4.78 is 37.7. The second-order valence-corrected chi connectivity index (χ2v) is 6.73. The smallest absolute Gasteiger partial charge is 0.337 e. The summed E-state index contributed by atoms with van der Waals surface area (Å²) in [5.41, 5.74) is 0.360. The fourth-order valence-corrected chi connectivity index (χ4v) is 3.58. The van der Waals surface area contributed by atoms with Crippen molar-refractivity contribution in [2.75, 3.05) is 18.4 Å². The van der Waals surface area contributed by atoms with Gasteiger partial charge in [0.2, 0.25) is 0 Å². The predicted molar refractivity (Wildman–Crippen MR) is 91.2 cm³/mol. The normalized spacial score (nSPS) is 11.0. The van der Waals surface area contributed by atoms with Crippen molar-refractivity contribution in [3.05, 3.63) is 53.1 Å². The molecule has 0 heterocycles. The number of para-hydroxylation sites is 2. The molecule has 0 spiro atoms. The van der Waals surface area contributed by atoms with Crippen LogP contribution in [-0.2, 0) is 14.8 Å². The number of nitrogens with one attached hydrogen (secondary N) is 1. The summed E-state index contributed by atoms with van der Waals surface area (Å²) in [5.74, 6) is -0.262. The molecule has 0 radical (unpaired) electrons. The molecule has 0 fully saturated rings. The lowest BCUT2D eigenvalue weighted by Crippen LogP contribution is -2.15. The molecule has 0 aliphatic carbocycles. The second kappa shape index (κ2) is 7.55. The molecule has 0 bridgehead atoms. The maximum absolute atomic E-state index is 12.6. The van der Waals surface area contributed by atoms with Crippen LogP contribution < -0.4 is 9.46 Å². The second-order valence-electron chi connectivity index (χ2n) is 4.67. The zero-order chi connectivity index (χ0) is 17.7. The Bertz CT molecular complexity index is 851. The number of anilines is 1. The van der Waals surface area contributed by atoms with E-state index in [4.69, 9.17) is 16.3 Å². The van der Waals surface area contributed by atoms with Crippen LogP contribution in [0.4, 0.5) is 5.69 Å². The SMILES string of the molecule is CCOc1ccccc1NS(=O)(=O)c1cc(C(=O)OC)ccc1Cl. The van der Waals surface area contributed by atoms with Crippen LogP contribution in [0.5, 0.6) is 5.75 Å². The van der Waals surface area contributed by atoms with E-state index in [1.165, 1.54) is 25.3 Å². The number of halogens is 1. The third kappa shape index (κ3) is 3.98. The van der Waals surface area contributed by atoms with E-state index in [9.17, 15) is 13.2 Å². The van der Waals surface area contributed by atoms with Crippen molar-refractivity contribution in [3.8, 4) is 5.75 Å². The Hall–Kier alpha value is -2.25. The molecule has 2 rings (SSSR count). The van der Waals surface area contributed by atoms with Crippen LogP contribution in [0.25, 0.3) is 0 Å². The van der Waals surface area contributed by atoms with Crippen molar-refractivity contribution in [2.45, 2.75) is 11.8 Å². The van der Waals surface area contributed by atoms with Crippen LogP contribution in [0, 0.1) is 0 Å². The molecule has 2 aromatic rings. The molecule has 0 amide bonds. The molecule has 24 heavy (non-hydrogen) atoms. The van der Waals surface area contributed by atoms with Gasteiger partial charge in [0.05, 0.1) is 30.0 Å². The predicted octanol–water partition coefficient (Wildman–Crippen LogP) is 3.33. The van der Waals surface area contributed by atoms with Gasteiger partial charge in [-0.2, -0.15) is 0 Å². The van der Waals surface area contributed by atoms with Crippen molar-refractivity contribution in [3.63, 3.8) is 0 Å². The largest absolute Gasteiger partial charge is 0.492 e. The monoisotopic (exact) mass is 369 g/mol. The van der Waals surface area contributed by atoms with Crippen LogP contribution >= 0.6 is 11.6 Å². The summed E-state index contributed by atoms with van der Waals surface area (Å²) in [6, 6.07) is 10.5. The summed E-state index contributed by atoms with van der Waals surface area (Å²) >= 11 is 5.99. The average molecular weight is 370 g/mol. The third-order valence-corrected chi connectivity index (χ3v) is 4.92. The van der Waals surface area contributed by atoms with Gasteiger partial charge in [-0.1, -0.05) is 23.7 Å². The van der Waals surface area contributed by atoms with E-state index in [-0.39, 0.29) is 21.2 Å². The molecule has 0 atom stereocenters. The van der Waals surface area contributed by atoms with Gasteiger partial charge in [-0.25, -0.2) is 13.2 Å². The first-order valence-electron chi connectivity index (χ1n) is 7.01. The average Bonchev–Trinajstić information content (AvgIpc) is 2.56. The van der Waals surface area contributed by atoms with Gasteiger partial charge in [-0.05, 0) is 37.3 Å². The summed E-state index contributed by atoms with van der Waals surface area (Å²) in [6.45, 7) is 2.18. The van der Waals surface area contributed by atoms with E-state index in [1.807, 2.05) is 0 Å². The Labute approximate surface area is 145 Å². The van der Waals surface area contributed by atoms with E-state index in [1.54, 1.807) is 31.2 Å². The molecule has 0 aliphatic rings. The van der Waals surface area contributed by atoms with Crippen molar-refractivity contribution < 1.29 is 22.7 Å². The molecule has 2 aromatic carbocycles. The number of ether oxygens (including phenoxy) is 2. The molecule has 0 unspecified atom stereocenters. The fourth-order valence-electron chi connectivity index (χ4n) is 1.99. The maximum atomic E-state index is 12.6. The number of hydrogen-bond donors (Lipinski definition) is 1. The minimum absolute atomic E-state index is 0.0101. The van der Waals surface area contributed by atoms with Gasteiger partial charge < -0.3 is 9.47 Å². The van der Waals surface area contributed by atoms with Crippen LogP contribution in [0.2, 0.25) is 5.02 Å². The highest BCUT2D eigenvalue weighted by atomic mass is 35.5. The van der Waals surface area contributed by atoms with Gasteiger partial charge in [0.25, 0.3) is 10.0 Å². The highest BCUT2D eigenvalue weighted by molar-refractivity contribution is 7.92. The minimum Gasteiger partial charge on any atom is -0.492 e. The van der Waals surface area contributed by atoms with Gasteiger partial charge in [0.15, 0.2) is 0 Å². The zero-order valence-corrected chi connectivity index (χ0v) is 14.6. The lowest BCUT2D eigenvalue weighted by molar-refractivity contribution is 0.0600. The van der Waals surface area contributed by atoms with Crippen LogP contribution in [0.1, 0.15) is 17.3 Å². The van der Waals surface area contributed by atoms with Crippen molar-refractivity contribution >= 4 is 33.3 Å². The number of hydrogen-bond acceptors (Lipinski definition) is 5. The number of sulfonamides is 1. The minimum atomic E-state index is -4.02. The number of benzene rings is 2. The van der Waals surface area contributed by atoms with Gasteiger partial charge in [-0.3, -0.25) is 4.72 Å². The van der Waals surface area contributed by atoms with Crippen LogP contribution in [-0.4, -0.2) is 28.1 Å². The Morgan fingerprint density at radius 2 is 1.92 bits per heavy atom. The Kier molecular flexibility index (Phi) is 5.69. The van der Waals surface area contributed by atoms with Crippen molar-refractivity contribution in [1.82, 2.24) is 0 Å². The first-order valence-corrected chi connectivity index (χ1v) is 8.87. The van der Waals surface area contributed by atoms with E-state index in [0.29, 0.717) is 12.4 Å². The highest BCUT2D eigenvalue weighted by Gasteiger charge is 2.22. The highest BCUT2D eigenvalue weighted by Crippen LogP contribution is 2.29. The van der Waals surface area contributed by atoms with E-state index >= 15 is 0 Å². The van der Waals surface area contributed by atoms with Crippen LogP contribution in [0.3, 0.4) is 0 Å². The molecule has 0 saturated heterocycles. The molecule has 1 N–H and O–H groups in total. The molecule has 0 aromatic heterocycles. The van der Waals surface area contributed by atoms with Gasteiger partial charge in [0.1, 0.15) is 10.6 Å². The summed E-state index contributed by atoms with van der Waals surface area (Å²) in [4.78, 5) is 11.4. The first-order chi connectivity index (χ1) is 11.4. The summed E-state index contributed by atoms with van der Waals surface area (Å²) in [6.07, 6.45) is 0. The molecule has 6 nitrogen and oxygen atoms in total. The number of carbonyl (C=O) groups excluding carboxylic acids is 1. The van der Waals surface area contributed by atoms with Crippen molar-refractivity contribution in [2.24, 2.45) is 0 Å². The molecule has 8 heteroatoms.